The number of rotatable bonds is 4. The van der Waals surface area contributed by atoms with Crippen LogP contribution < -0.4 is 10.2 Å². The van der Waals surface area contributed by atoms with Gasteiger partial charge in [-0.3, -0.25) is 14.4 Å². The molecule has 6 heteroatoms. The van der Waals surface area contributed by atoms with E-state index in [1.54, 1.807) is 29.2 Å². The molecule has 2 rings (SSSR count). The molecule has 0 bridgehead atoms. The van der Waals surface area contributed by atoms with E-state index in [0.717, 1.165) is 6.42 Å². The number of benzene rings is 1. The van der Waals surface area contributed by atoms with Crippen LogP contribution in [0, 0.1) is 0 Å². The van der Waals surface area contributed by atoms with Gasteiger partial charge in [-0.1, -0.05) is 6.07 Å². The maximum atomic E-state index is 11.7. The van der Waals surface area contributed by atoms with Crippen LogP contribution in [0.15, 0.2) is 24.3 Å². The summed E-state index contributed by atoms with van der Waals surface area (Å²) >= 11 is 0. The minimum absolute atomic E-state index is 0.0445. The number of nitrogens with one attached hydrogen (secondary N) is 1. The molecule has 0 radical (unpaired) electrons. The van der Waals surface area contributed by atoms with E-state index in [1.807, 2.05) is 0 Å². The first-order valence-corrected chi connectivity index (χ1v) is 5.98. The van der Waals surface area contributed by atoms with Crippen molar-refractivity contribution in [2.75, 3.05) is 18.0 Å². The van der Waals surface area contributed by atoms with E-state index in [2.05, 4.69) is 5.32 Å². The number of nitrogens with zero attached hydrogens (tertiary/aromatic N) is 1. The molecule has 0 saturated carbocycles. The Bertz CT molecular complexity index is 527. The molecule has 2 N–H and O–H groups in total. The summed E-state index contributed by atoms with van der Waals surface area (Å²) < 4.78 is 0. The van der Waals surface area contributed by atoms with Gasteiger partial charge in [-0.05, 0) is 24.6 Å². The van der Waals surface area contributed by atoms with Gasteiger partial charge in [0.25, 0.3) is 5.91 Å². The largest absolute Gasteiger partial charge is 0.480 e. The van der Waals surface area contributed by atoms with Crippen molar-refractivity contribution < 1.29 is 19.5 Å². The third-order valence-electron chi connectivity index (χ3n) is 2.89. The molecule has 1 fully saturated rings. The Morgan fingerprint density at radius 3 is 2.79 bits per heavy atom. The van der Waals surface area contributed by atoms with E-state index in [9.17, 15) is 14.4 Å². The van der Waals surface area contributed by atoms with E-state index in [4.69, 9.17) is 5.11 Å². The van der Waals surface area contributed by atoms with Crippen molar-refractivity contribution in [2.24, 2.45) is 0 Å². The summed E-state index contributed by atoms with van der Waals surface area (Å²) in [5.74, 6) is -1.52. The van der Waals surface area contributed by atoms with Gasteiger partial charge in [0.1, 0.15) is 6.54 Å². The highest BCUT2D eigenvalue weighted by molar-refractivity contribution is 5.99. The number of hydrogen-bond donors (Lipinski definition) is 2. The average molecular weight is 262 g/mol. The second-order valence-electron chi connectivity index (χ2n) is 4.28. The third-order valence-corrected chi connectivity index (χ3v) is 2.89. The van der Waals surface area contributed by atoms with E-state index in [-0.39, 0.29) is 5.91 Å². The smallest absolute Gasteiger partial charge is 0.322 e. The summed E-state index contributed by atoms with van der Waals surface area (Å²) in [6.07, 6.45) is 1.34. The maximum Gasteiger partial charge on any atom is 0.322 e. The zero-order valence-corrected chi connectivity index (χ0v) is 10.3. The Hall–Kier alpha value is -2.37. The van der Waals surface area contributed by atoms with Gasteiger partial charge in [-0.2, -0.15) is 0 Å². The molecule has 0 spiro atoms. The van der Waals surface area contributed by atoms with Crippen molar-refractivity contribution in [1.29, 1.82) is 0 Å². The molecule has 1 heterocycles. The number of amides is 2. The van der Waals surface area contributed by atoms with Crippen molar-refractivity contribution in [3.8, 4) is 0 Å². The highest BCUT2D eigenvalue weighted by atomic mass is 16.4. The van der Waals surface area contributed by atoms with E-state index < -0.39 is 18.4 Å². The molecule has 1 aliphatic rings. The van der Waals surface area contributed by atoms with Crippen LogP contribution in [0.4, 0.5) is 5.69 Å². The standard InChI is InChI=1S/C13H14N2O4/c16-11-5-2-6-15(11)10-4-1-3-9(7-10)13(19)14-8-12(17)18/h1,3-4,7H,2,5-6,8H2,(H,14,19)(H,17,18). The van der Waals surface area contributed by atoms with Gasteiger partial charge >= 0.3 is 5.97 Å². The predicted octanol–water partition coefficient (Wildman–Crippen LogP) is 0.628. The zero-order valence-electron chi connectivity index (χ0n) is 10.3. The molecular weight excluding hydrogens is 248 g/mol. The number of aliphatic carboxylic acids is 1. The maximum absolute atomic E-state index is 11.7. The minimum atomic E-state index is -1.10. The zero-order chi connectivity index (χ0) is 13.8. The first-order valence-electron chi connectivity index (χ1n) is 5.98. The van der Waals surface area contributed by atoms with Crippen LogP contribution in [-0.4, -0.2) is 36.0 Å². The Morgan fingerprint density at radius 1 is 1.37 bits per heavy atom. The third kappa shape index (κ3) is 3.09. The summed E-state index contributed by atoms with van der Waals surface area (Å²) in [5, 5.41) is 10.8. The van der Waals surface area contributed by atoms with Crippen molar-refractivity contribution in [1.82, 2.24) is 5.32 Å². The molecule has 2 amide bonds. The topological polar surface area (TPSA) is 86.7 Å². The van der Waals surface area contributed by atoms with Gasteiger partial charge in [0.15, 0.2) is 0 Å². The normalized spacial score (nSPS) is 14.5. The number of carboxylic acid groups (broad SMARTS) is 1. The summed E-state index contributed by atoms with van der Waals surface area (Å²) in [7, 11) is 0. The number of carbonyl (C=O) groups excluding carboxylic acids is 2. The molecule has 19 heavy (non-hydrogen) atoms. The SMILES string of the molecule is O=C(O)CNC(=O)c1cccc(N2CCCC2=O)c1. The molecular formula is C13H14N2O4. The number of carbonyl (C=O) groups is 3. The number of anilines is 1. The van der Waals surface area contributed by atoms with Gasteiger partial charge in [0, 0.05) is 24.2 Å². The molecule has 6 nitrogen and oxygen atoms in total. The Balaban J connectivity index is 2.12. The fraction of sp³-hybridized carbons (Fsp3) is 0.308. The lowest BCUT2D eigenvalue weighted by Gasteiger charge is -2.16. The molecule has 1 aromatic rings. The van der Waals surface area contributed by atoms with Crippen molar-refractivity contribution in [3.05, 3.63) is 29.8 Å². The van der Waals surface area contributed by atoms with E-state index >= 15 is 0 Å². The molecule has 1 aliphatic heterocycles. The van der Waals surface area contributed by atoms with Crippen LogP contribution in [-0.2, 0) is 9.59 Å². The lowest BCUT2D eigenvalue weighted by molar-refractivity contribution is -0.135. The number of hydrogen-bond acceptors (Lipinski definition) is 3. The summed E-state index contributed by atoms with van der Waals surface area (Å²) in [6, 6.07) is 6.62. The van der Waals surface area contributed by atoms with Gasteiger partial charge in [-0.25, -0.2) is 0 Å². The molecule has 100 valence electrons. The van der Waals surface area contributed by atoms with Gasteiger partial charge in [-0.15, -0.1) is 0 Å². The number of carboxylic acids is 1. The minimum Gasteiger partial charge on any atom is -0.480 e. The Kier molecular flexibility index (Phi) is 3.79. The fourth-order valence-electron chi connectivity index (χ4n) is 1.99. The lowest BCUT2D eigenvalue weighted by atomic mass is 10.1. The highest BCUT2D eigenvalue weighted by Crippen LogP contribution is 2.22. The van der Waals surface area contributed by atoms with Gasteiger partial charge in [0.05, 0.1) is 0 Å². The lowest BCUT2D eigenvalue weighted by Crippen LogP contribution is -2.29. The van der Waals surface area contributed by atoms with Crippen LogP contribution in [0.3, 0.4) is 0 Å². The molecule has 0 unspecified atom stereocenters. The summed E-state index contributed by atoms with van der Waals surface area (Å²) in [6.45, 7) is 0.227. The van der Waals surface area contributed by atoms with Crippen LogP contribution >= 0.6 is 0 Å². The van der Waals surface area contributed by atoms with Crippen molar-refractivity contribution >= 4 is 23.5 Å². The van der Waals surface area contributed by atoms with Crippen molar-refractivity contribution in [2.45, 2.75) is 12.8 Å². The molecule has 0 aromatic heterocycles. The van der Waals surface area contributed by atoms with E-state index in [0.29, 0.717) is 24.2 Å². The quantitative estimate of drug-likeness (QED) is 0.833. The van der Waals surface area contributed by atoms with Crippen molar-refractivity contribution in [3.63, 3.8) is 0 Å². The highest BCUT2D eigenvalue weighted by Gasteiger charge is 2.22. The fourth-order valence-corrected chi connectivity index (χ4v) is 1.99. The summed E-state index contributed by atoms with van der Waals surface area (Å²) in [5.41, 5.74) is 1.02. The molecule has 0 atom stereocenters. The summed E-state index contributed by atoms with van der Waals surface area (Å²) in [4.78, 5) is 35.4. The van der Waals surface area contributed by atoms with Gasteiger partial charge < -0.3 is 15.3 Å². The average Bonchev–Trinajstić information content (AvgIpc) is 2.82. The molecule has 0 aliphatic carbocycles. The predicted molar refractivity (Wildman–Crippen MR) is 68.0 cm³/mol. The monoisotopic (exact) mass is 262 g/mol. The second-order valence-corrected chi connectivity index (χ2v) is 4.28. The van der Waals surface area contributed by atoms with Crippen LogP contribution in [0.5, 0.6) is 0 Å². The van der Waals surface area contributed by atoms with Crippen LogP contribution in [0.2, 0.25) is 0 Å². The van der Waals surface area contributed by atoms with Crippen LogP contribution in [0.25, 0.3) is 0 Å². The Morgan fingerprint density at radius 2 is 2.16 bits per heavy atom. The van der Waals surface area contributed by atoms with Crippen LogP contribution in [0.1, 0.15) is 23.2 Å². The second kappa shape index (κ2) is 5.51. The van der Waals surface area contributed by atoms with E-state index in [1.165, 1.54) is 0 Å². The molecule has 1 aromatic carbocycles. The first-order chi connectivity index (χ1) is 9.08. The Labute approximate surface area is 110 Å². The molecule has 1 saturated heterocycles. The first kappa shape index (κ1) is 13.1. The van der Waals surface area contributed by atoms with Gasteiger partial charge in [0.2, 0.25) is 5.91 Å².